The lowest BCUT2D eigenvalue weighted by molar-refractivity contribution is -0.138. The third-order valence-electron chi connectivity index (χ3n) is 3.20. The summed E-state index contributed by atoms with van der Waals surface area (Å²) in [6.07, 6.45) is 2.63. The highest BCUT2D eigenvalue weighted by molar-refractivity contribution is 5.91. The number of primary amides is 1. The Balaban J connectivity index is 2.14. The van der Waals surface area contributed by atoms with Gasteiger partial charge in [0.05, 0.1) is 6.42 Å². The fraction of sp³-hybridized carbons (Fsp3) is 0.417. The van der Waals surface area contributed by atoms with Gasteiger partial charge in [0.1, 0.15) is 11.5 Å². The van der Waals surface area contributed by atoms with Crippen molar-refractivity contribution >= 4 is 17.7 Å². The normalized spacial score (nSPS) is 16.7. The second kappa shape index (κ2) is 4.64. The Morgan fingerprint density at radius 3 is 2.67 bits per heavy atom. The van der Waals surface area contributed by atoms with E-state index in [1.807, 2.05) is 0 Å². The van der Waals surface area contributed by atoms with Gasteiger partial charge in [0.25, 0.3) is 5.91 Å². The average Bonchev–Trinajstić information content (AvgIpc) is 2.25. The molecule has 0 atom stereocenters. The van der Waals surface area contributed by atoms with Crippen molar-refractivity contribution in [1.29, 1.82) is 0 Å². The molecule has 4 N–H and O–H groups in total. The van der Waals surface area contributed by atoms with E-state index in [4.69, 9.17) is 10.8 Å². The summed E-state index contributed by atoms with van der Waals surface area (Å²) < 4.78 is 0. The van der Waals surface area contributed by atoms with Crippen molar-refractivity contribution in [3.8, 4) is 0 Å². The summed E-state index contributed by atoms with van der Waals surface area (Å²) in [5.41, 5.74) is 4.89. The Kier molecular flexibility index (Phi) is 3.18. The first kappa shape index (κ1) is 12.3. The molecule has 0 saturated heterocycles. The molecule has 0 unspecified atom stereocenters. The number of hydrogen-bond donors (Lipinski definition) is 3. The number of nitrogens with zero attached hydrogens (tertiary/aromatic N) is 1. The van der Waals surface area contributed by atoms with Crippen molar-refractivity contribution in [2.45, 2.75) is 31.2 Å². The van der Waals surface area contributed by atoms with Crippen LogP contribution < -0.4 is 11.1 Å². The minimum Gasteiger partial charge on any atom is -0.481 e. The van der Waals surface area contributed by atoms with Crippen molar-refractivity contribution in [2.24, 2.45) is 5.73 Å². The first-order chi connectivity index (χ1) is 8.51. The topological polar surface area (TPSA) is 105 Å². The third kappa shape index (κ3) is 2.58. The van der Waals surface area contributed by atoms with Crippen LogP contribution in [0.2, 0.25) is 0 Å². The van der Waals surface area contributed by atoms with E-state index >= 15 is 0 Å². The largest absolute Gasteiger partial charge is 0.481 e. The van der Waals surface area contributed by atoms with Crippen LogP contribution in [0.25, 0.3) is 0 Å². The van der Waals surface area contributed by atoms with Crippen molar-refractivity contribution in [1.82, 2.24) is 4.98 Å². The van der Waals surface area contributed by atoms with Gasteiger partial charge in [-0.05, 0) is 31.4 Å². The van der Waals surface area contributed by atoms with E-state index in [1.54, 1.807) is 12.1 Å². The maximum atomic E-state index is 11.0. The zero-order valence-electron chi connectivity index (χ0n) is 9.85. The molecule has 96 valence electrons. The zero-order chi connectivity index (χ0) is 13.2. The molecule has 1 amide bonds. The molecule has 2 rings (SSSR count). The first-order valence-corrected chi connectivity index (χ1v) is 5.78. The van der Waals surface area contributed by atoms with Crippen molar-refractivity contribution < 1.29 is 14.7 Å². The van der Waals surface area contributed by atoms with Gasteiger partial charge in [-0.15, -0.1) is 0 Å². The lowest BCUT2D eigenvalue weighted by atomic mass is 9.74. The van der Waals surface area contributed by atoms with Crippen LogP contribution in [0, 0.1) is 0 Å². The Hall–Kier alpha value is -2.11. The number of hydrogen-bond acceptors (Lipinski definition) is 4. The molecule has 0 spiro atoms. The van der Waals surface area contributed by atoms with Crippen LogP contribution in [-0.2, 0) is 4.79 Å². The van der Waals surface area contributed by atoms with Gasteiger partial charge in [-0.25, -0.2) is 4.98 Å². The van der Waals surface area contributed by atoms with Crippen LogP contribution in [-0.4, -0.2) is 27.5 Å². The number of pyridine rings is 1. The van der Waals surface area contributed by atoms with Gasteiger partial charge in [0, 0.05) is 5.54 Å². The number of rotatable bonds is 5. The quantitative estimate of drug-likeness (QED) is 0.721. The Morgan fingerprint density at radius 2 is 2.17 bits per heavy atom. The highest BCUT2D eigenvalue weighted by Crippen LogP contribution is 2.37. The number of aliphatic carboxylic acids is 1. The van der Waals surface area contributed by atoms with Crippen LogP contribution in [0.3, 0.4) is 0 Å². The van der Waals surface area contributed by atoms with E-state index in [9.17, 15) is 9.59 Å². The smallest absolute Gasteiger partial charge is 0.305 e. The standard InChI is InChI=1S/C12H15N3O3/c13-11(18)8-3-1-4-9(14-8)15-12(5-2-6-12)7-10(16)17/h1,3-4H,2,5-7H2,(H2,13,18)(H,14,15)(H,16,17). The van der Waals surface area contributed by atoms with Crippen molar-refractivity contribution in [2.75, 3.05) is 5.32 Å². The molecule has 1 aliphatic carbocycles. The van der Waals surface area contributed by atoms with Gasteiger partial charge < -0.3 is 16.2 Å². The second-order valence-corrected chi connectivity index (χ2v) is 4.60. The average molecular weight is 249 g/mol. The van der Waals surface area contributed by atoms with E-state index in [-0.39, 0.29) is 12.1 Å². The van der Waals surface area contributed by atoms with E-state index in [2.05, 4.69) is 10.3 Å². The number of nitrogens with one attached hydrogen (secondary N) is 1. The predicted molar refractivity (Wildman–Crippen MR) is 65.2 cm³/mol. The lowest BCUT2D eigenvalue weighted by Crippen LogP contribution is -2.47. The van der Waals surface area contributed by atoms with Crippen LogP contribution >= 0.6 is 0 Å². The molecule has 1 heterocycles. The molecule has 6 heteroatoms. The van der Waals surface area contributed by atoms with Gasteiger partial charge in [-0.1, -0.05) is 6.07 Å². The molecule has 1 saturated carbocycles. The number of carbonyl (C=O) groups is 2. The highest BCUT2D eigenvalue weighted by atomic mass is 16.4. The fourth-order valence-electron chi connectivity index (χ4n) is 2.15. The number of carboxylic acids is 1. The van der Waals surface area contributed by atoms with Gasteiger partial charge in [-0.2, -0.15) is 0 Å². The molecular formula is C12H15N3O3. The third-order valence-corrected chi connectivity index (χ3v) is 3.20. The maximum Gasteiger partial charge on any atom is 0.305 e. The first-order valence-electron chi connectivity index (χ1n) is 5.78. The Morgan fingerprint density at radius 1 is 1.44 bits per heavy atom. The summed E-state index contributed by atoms with van der Waals surface area (Å²) in [6, 6.07) is 4.90. The molecule has 18 heavy (non-hydrogen) atoms. The minimum absolute atomic E-state index is 0.0511. The molecule has 0 radical (unpaired) electrons. The summed E-state index contributed by atoms with van der Waals surface area (Å²) in [4.78, 5) is 25.9. The molecule has 1 aromatic heterocycles. The van der Waals surface area contributed by atoms with Crippen LogP contribution in [0.5, 0.6) is 0 Å². The van der Waals surface area contributed by atoms with Gasteiger partial charge in [-0.3, -0.25) is 9.59 Å². The summed E-state index contributed by atoms with van der Waals surface area (Å²) in [7, 11) is 0. The number of carboxylic acid groups (broad SMARTS) is 1. The minimum atomic E-state index is -0.840. The Labute approximate surface area is 104 Å². The lowest BCUT2D eigenvalue weighted by Gasteiger charge is -2.41. The summed E-state index contributed by atoms with van der Waals surface area (Å²) in [5, 5.41) is 12.0. The van der Waals surface area contributed by atoms with Crippen molar-refractivity contribution in [3.05, 3.63) is 23.9 Å². The number of anilines is 1. The highest BCUT2D eigenvalue weighted by Gasteiger charge is 2.39. The molecule has 1 aromatic rings. The van der Waals surface area contributed by atoms with E-state index in [0.29, 0.717) is 5.82 Å². The predicted octanol–water partition coefficient (Wildman–Crippen LogP) is 0.990. The zero-order valence-corrected chi connectivity index (χ0v) is 9.85. The molecular weight excluding hydrogens is 234 g/mol. The molecule has 0 aliphatic heterocycles. The number of amides is 1. The SMILES string of the molecule is NC(=O)c1cccc(NC2(CC(=O)O)CCC2)n1. The molecule has 0 aromatic carbocycles. The number of carbonyl (C=O) groups excluding carboxylic acids is 1. The van der Waals surface area contributed by atoms with Crippen LogP contribution in [0.1, 0.15) is 36.2 Å². The van der Waals surface area contributed by atoms with Crippen LogP contribution in [0.15, 0.2) is 18.2 Å². The van der Waals surface area contributed by atoms with Crippen molar-refractivity contribution in [3.63, 3.8) is 0 Å². The second-order valence-electron chi connectivity index (χ2n) is 4.60. The van der Waals surface area contributed by atoms with Gasteiger partial charge >= 0.3 is 5.97 Å². The summed E-state index contributed by atoms with van der Waals surface area (Å²) in [6.45, 7) is 0. The molecule has 6 nitrogen and oxygen atoms in total. The van der Waals surface area contributed by atoms with Gasteiger partial charge in [0.2, 0.25) is 0 Å². The summed E-state index contributed by atoms with van der Waals surface area (Å²) in [5.74, 6) is -0.944. The maximum absolute atomic E-state index is 11.0. The van der Waals surface area contributed by atoms with E-state index in [1.165, 1.54) is 6.07 Å². The number of nitrogens with two attached hydrogens (primary N) is 1. The summed E-state index contributed by atoms with van der Waals surface area (Å²) >= 11 is 0. The fourth-order valence-corrected chi connectivity index (χ4v) is 2.15. The Bertz CT molecular complexity index is 483. The van der Waals surface area contributed by atoms with Crippen LogP contribution in [0.4, 0.5) is 5.82 Å². The molecule has 1 aliphatic rings. The van der Waals surface area contributed by atoms with E-state index in [0.717, 1.165) is 19.3 Å². The molecule has 0 bridgehead atoms. The van der Waals surface area contributed by atoms with E-state index < -0.39 is 17.4 Å². The van der Waals surface area contributed by atoms with Gasteiger partial charge in [0.15, 0.2) is 0 Å². The monoisotopic (exact) mass is 249 g/mol. The molecule has 1 fully saturated rings. The number of aromatic nitrogens is 1.